The Hall–Kier alpha value is -3.11. The monoisotopic (exact) mass is 469 g/mol. The highest BCUT2D eigenvalue weighted by Gasteiger charge is 2.34. The Morgan fingerprint density at radius 3 is 2.47 bits per heavy atom. The summed E-state index contributed by atoms with van der Waals surface area (Å²) in [5.41, 5.74) is -0.264. The zero-order chi connectivity index (χ0) is 23.4. The molecule has 172 valence electrons. The maximum absolute atomic E-state index is 14.8. The quantitative estimate of drug-likeness (QED) is 0.500. The van der Waals surface area contributed by atoms with Crippen molar-refractivity contribution in [2.45, 2.75) is 12.5 Å². The third-order valence-corrected chi connectivity index (χ3v) is 5.37. The Balaban J connectivity index is 1.66. The number of piperazine rings is 1. The van der Waals surface area contributed by atoms with Gasteiger partial charge in [0, 0.05) is 45.4 Å². The van der Waals surface area contributed by atoms with Gasteiger partial charge in [0.15, 0.2) is 11.6 Å². The summed E-state index contributed by atoms with van der Waals surface area (Å²) >= 11 is 3.59. The molecule has 2 heterocycles. The summed E-state index contributed by atoms with van der Waals surface area (Å²) in [4.78, 5) is 44.1. The van der Waals surface area contributed by atoms with Crippen molar-refractivity contribution in [1.82, 2.24) is 9.96 Å². The van der Waals surface area contributed by atoms with E-state index in [0.717, 1.165) is 22.1 Å². The summed E-state index contributed by atoms with van der Waals surface area (Å²) in [6, 6.07) is 3.87. The highest BCUT2D eigenvalue weighted by molar-refractivity contribution is 7.96. The van der Waals surface area contributed by atoms with Crippen LogP contribution in [0.5, 0.6) is 0 Å². The largest absolute Gasteiger partial charge is 0.441 e. The molecule has 0 spiro atoms. The number of amides is 3. The lowest BCUT2D eigenvalue weighted by Gasteiger charge is -2.36. The molecule has 0 saturated carbocycles. The van der Waals surface area contributed by atoms with Crippen molar-refractivity contribution in [2.75, 3.05) is 56.2 Å². The van der Waals surface area contributed by atoms with Gasteiger partial charge < -0.3 is 14.5 Å². The lowest BCUT2D eigenvalue weighted by Crippen LogP contribution is -2.49. The molecule has 0 unspecified atom stereocenters. The number of hydrogen-bond acceptors (Lipinski definition) is 7. The first-order chi connectivity index (χ1) is 15.2. The molecule has 0 aromatic heterocycles. The van der Waals surface area contributed by atoms with Gasteiger partial charge in [-0.15, -0.1) is 0 Å². The first-order valence-corrected chi connectivity index (χ1v) is 10.1. The van der Waals surface area contributed by atoms with Crippen LogP contribution in [0.3, 0.4) is 0 Å². The summed E-state index contributed by atoms with van der Waals surface area (Å²) in [6.45, 7) is 0.725. The minimum atomic E-state index is -0.857. The van der Waals surface area contributed by atoms with E-state index in [1.54, 1.807) is 6.07 Å². The number of carbonyl (C=O) groups excluding carboxylic acids is 3. The summed E-state index contributed by atoms with van der Waals surface area (Å²) < 4.78 is 34.8. The second-order valence-corrected chi connectivity index (χ2v) is 7.54. The van der Waals surface area contributed by atoms with E-state index in [0.29, 0.717) is 0 Å². The van der Waals surface area contributed by atoms with Gasteiger partial charge in [-0.2, -0.15) is 5.26 Å². The van der Waals surface area contributed by atoms with Crippen molar-refractivity contribution in [1.29, 1.82) is 5.26 Å². The summed E-state index contributed by atoms with van der Waals surface area (Å²) in [6.07, 6.45) is -1.78. The second kappa shape index (κ2) is 10.0. The first kappa shape index (κ1) is 23.6. The lowest BCUT2D eigenvalue weighted by atomic mass is 10.2. The van der Waals surface area contributed by atoms with Gasteiger partial charge >= 0.3 is 11.3 Å². The number of hydroxylamine groups is 2. The molecule has 2 fully saturated rings. The normalized spacial score (nSPS) is 18.4. The van der Waals surface area contributed by atoms with E-state index < -0.39 is 29.1 Å². The average molecular weight is 469 g/mol. The van der Waals surface area contributed by atoms with E-state index in [2.05, 4.69) is 12.6 Å². The molecular formula is C19H21F2N5O5S. The number of thiol groups is 1. The lowest BCUT2D eigenvalue weighted by molar-refractivity contribution is -0.130. The van der Waals surface area contributed by atoms with Gasteiger partial charge in [-0.05, 0) is 0 Å². The van der Waals surface area contributed by atoms with Crippen LogP contribution in [0.15, 0.2) is 12.1 Å². The van der Waals surface area contributed by atoms with Crippen molar-refractivity contribution in [3.63, 3.8) is 0 Å². The van der Waals surface area contributed by atoms with Crippen molar-refractivity contribution in [3.8, 4) is 6.07 Å². The molecule has 0 N–H and O–H groups in total. The Labute approximate surface area is 188 Å². The number of halogens is 2. The highest BCUT2D eigenvalue weighted by atomic mass is 32.1. The molecule has 0 radical (unpaired) electrons. The minimum Gasteiger partial charge on any atom is -0.441 e. The third-order valence-electron chi connectivity index (χ3n) is 5.09. The standard InChI is InChI=1S/C19H21F2N5O5S/c1-23(19(29)32)30-11-13-10-26(18(28)31-13)12-8-14(20)17(15(21)9-12)25-6-4-24(5-7-25)16(27)2-3-22/h8-9,13H,2,4-7,10-11H2,1H3,(H,29,32)/t13-/m0/s1. The van der Waals surface area contributed by atoms with E-state index in [1.165, 1.54) is 16.8 Å². The van der Waals surface area contributed by atoms with E-state index in [9.17, 15) is 23.2 Å². The number of carbonyl (C=O) groups is 3. The van der Waals surface area contributed by atoms with Crippen LogP contribution in [-0.4, -0.2) is 79.7 Å². The van der Waals surface area contributed by atoms with Gasteiger partial charge in [-0.3, -0.25) is 19.3 Å². The number of benzene rings is 1. The zero-order valence-corrected chi connectivity index (χ0v) is 18.1. The van der Waals surface area contributed by atoms with Crippen LogP contribution in [0.2, 0.25) is 0 Å². The van der Waals surface area contributed by atoms with Gasteiger partial charge in [0.25, 0.3) is 0 Å². The van der Waals surface area contributed by atoms with Gasteiger partial charge in [-0.1, -0.05) is 12.6 Å². The van der Waals surface area contributed by atoms with Crippen LogP contribution >= 0.6 is 12.6 Å². The van der Waals surface area contributed by atoms with Crippen LogP contribution in [0.4, 0.5) is 29.7 Å². The molecule has 32 heavy (non-hydrogen) atoms. The smallest absolute Gasteiger partial charge is 0.414 e. The molecule has 2 aliphatic rings. The fourth-order valence-corrected chi connectivity index (χ4v) is 3.50. The number of cyclic esters (lactones) is 1. The number of ether oxygens (including phenoxy) is 1. The van der Waals surface area contributed by atoms with Gasteiger partial charge in [0.05, 0.1) is 18.3 Å². The Kier molecular flexibility index (Phi) is 7.37. The van der Waals surface area contributed by atoms with Crippen LogP contribution < -0.4 is 9.80 Å². The van der Waals surface area contributed by atoms with E-state index in [4.69, 9.17) is 14.8 Å². The number of nitriles is 1. The Bertz CT molecular complexity index is 928. The van der Waals surface area contributed by atoms with Gasteiger partial charge in [-0.25, -0.2) is 18.6 Å². The third kappa shape index (κ3) is 5.20. The Morgan fingerprint density at radius 1 is 1.28 bits per heavy atom. The van der Waals surface area contributed by atoms with Crippen molar-refractivity contribution < 1.29 is 32.7 Å². The first-order valence-electron chi connectivity index (χ1n) is 9.67. The van der Waals surface area contributed by atoms with Crippen molar-refractivity contribution in [3.05, 3.63) is 23.8 Å². The number of hydrogen-bond donors (Lipinski definition) is 1. The van der Waals surface area contributed by atoms with Crippen LogP contribution in [0.25, 0.3) is 0 Å². The topological polar surface area (TPSA) is 106 Å². The minimum absolute atomic E-state index is 0.0160. The Morgan fingerprint density at radius 2 is 1.91 bits per heavy atom. The van der Waals surface area contributed by atoms with Gasteiger partial charge in [0.2, 0.25) is 5.91 Å². The fourth-order valence-electron chi connectivity index (χ4n) is 3.44. The summed E-state index contributed by atoms with van der Waals surface area (Å²) in [7, 11) is 1.34. The molecule has 3 amide bonds. The van der Waals surface area contributed by atoms with Gasteiger partial charge in [0.1, 0.15) is 24.8 Å². The van der Waals surface area contributed by atoms with Crippen LogP contribution in [-0.2, 0) is 14.4 Å². The molecule has 0 bridgehead atoms. The summed E-state index contributed by atoms with van der Waals surface area (Å²) in [5.74, 6) is -2.03. The molecular weight excluding hydrogens is 448 g/mol. The molecule has 13 heteroatoms. The van der Waals surface area contributed by atoms with Crippen molar-refractivity contribution in [2.24, 2.45) is 0 Å². The zero-order valence-electron chi connectivity index (χ0n) is 17.2. The van der Waals surface area contributed by atoms with E-state index in [1.807, 2.05) is 0 Å². The highest BCUT2D eigenvalue weighted by Crippen LogP contribution is 2.31. The predicted molar refractivity (Wildman–Crippen MR) is 111 cm³/mol. The predicted octanol–water partition coefficient (Wildman–Crippen LogP) is 1.77. The van der Waals surface area contributed by atoms with Crippen molar-refractivity contribution >= 4 is 41.2 Å². The number of rotatable bonds is 6. The molecule has 1 atom stereocenters. The average Bonchev–Trinajstić information content (AvgIpc) is 3.12. The van der Waals surface area contributed by atoms with E-state index >= 15 is 0 Å². The maximum Gasteiger partial charge on any atom is 0.414 e. The molecule has 3 rings (SSSR count). The molecule has 1 aromatic carbocycles. The number of anilines is 2. The van der Waals surface area contributed by atoms with Crippen LogP contribution in [0.1, 0.15) is 6.42 Å². The van der Waals surface area contributed by atoms with Crippen LogP contribution in [0, 0.1) is 23.0 Å². The molecule has 2 aliphatic heterocycles. The summed E-state index contributed by atoms with van der Waals surface area (Å²) in [5, 5.41) is 8.85. The maximum atomic E-state index is 14.8. The number of nitrogens with zero attached hydrogens (tertiary/aromatic N) is 5. The van der Waals surface area contributed by atoms with E-state index in [-0.39, 0.29) is 63.0 Å². The SMILES string of the molecule is CN(OC[C@@H]1CN(c2cc(F)c(N3CCN(C(=O)CC#N)CC3)c(F)c2)C(=O)O1)C(=O)S. The molecule has 2 saturated heterocycles. The molecule has 0 aliphatic carbocycles. The molecule has 1 aromatic rings. The fraction of sp³-hybridized carbons (Fsp3) is 0.474. The second-order valence-electron chi connectivity index (χ2n) is 7.15. The molecule has 10 nitrogen and oxygen atoms in total.